The fourth-order valence-corrected chi connectivity index (χ4v) is 0.979. The molecule has 0 unspecified atom stereocenters. The fourth-order valence-electron chi connectivity index (χ4n) is 0.979. The Balaban J connectivity index is 3.37. The number of hydrogen-bond donors (Lipinski definition) is 0. The summed E-state index contributed by atoms with van der Waals surface area (Å²) in [6, 6.07) is 0. The molecule has 0 saturated carbocycles. The van der Waals surface area contributed by atoms with E-state index in [1.54, 1.807) is 0 Å². The van der Waals surface area contributed by atoms with Gasteiger partial charge in [-0.15, -0.1) is 0 Å². The van der Waals surface area contributed by atoms with E-state index in [2.05, 4.69) is 32.1 Å². The molecule has 0 aromatic carbocycles. The van der Waals surface area contributed by atoms with Gasteiger partial charge in [-0.1, -0.05) is 13.2 Å². The van der Waals surface area contributed by atoms with Crippen molar-refractivity contribution in [3.8, 4) is 0 Å². The molecule has 0 amide bonds. The first-order valence-corrected chi connectivity index (χ1v) is 5.47. The third-order valence-corrected chi connectivity index (χ3v) is 1.82. The molecule has 0 saturated heterocycles. The average Bonchev–Trinajstić information content (AvgIpc) is 2.35. The normalized spacial score (nSPS) is 9.11. The topological polar surface area (TPSA) is 71.1 Å². The summed E-state index contributed by atoms with van der Waals surface area (Å²) in [7, 11) is 0. The van der Waals surface area contributed by atoms with Crippen molar-refractivity contribution in [1.29, 1.82) is 0 Å². The first-order chi connectivity index (χ1) is 8.70. The molecule has 0 aromatic rings. The second-order valence-corrected chi connectivity index (χ2v) is 3.14. The van der Waals surface area contributed by atoms with E-state index in [0.717, 1.165) is 0 Å². The molecule has 0 heterocycles. The largest absolute Gasteiger partial charge is 0.466 e. The second-order valence-electron chi connectivity index (χ2n) is 3.14. The molecule has 0 spiro atoms. The van der Waals surface area contributed by atoms with Crippen LogP contribution in [0.15, 0.2) is 25.7 Å². The maximum absolute atomic E-state index is 11.1. The predicted octanol–water partition coefficient (Wildman–Crippen LogP) is 1.87. The molecule has 102 valence electrons. The lowest BCUT2D eigenvalue weighted by Crippen LogP contribution is -2.08. The lowest BCUT2D eigenvalue weighted by atomic mass is 10.2. The average molecular weight is 258 g/mol. The number of carbonyl (C=O) groups is 2. The monoisotopic (exact) mass is 258 g/mol. The molecular formula is C12H18O6. The molecule has 0 aliphatic heterocycles. The molecule has 0 aromatic heterocycles. The number of ether oxygens (including phenoxy) is 4. The van der Waals surface area contributed by atoms with Gasteiger partial charge in [-0.05, 0) is 12.8 Å². The predicted molar refractivity (Wildman–Crippen MR) is 63.0 cm³/mol. The zero-order valence-corrected chi connectivity index (χ0v) is 10.3. The smallest absolute Gasteiger partial charge is 0.308 e. The van der Waals surface area contributed by atoms with Crippen molar-refractivity contribution in [2.45, 2.75) is 25.7 Å². The van der Waals surface area contributed by atoms with E-state index in [1.807, 2.05) is 0 Å². The van der Waals surface area contributed by atoms with Gasteiger partial charge < -0.3 is 18.9 Å². The molecule has 6 heteroatoms. The Labute approximate surface area is 106 Å². The van der Waals surface area contributed by atoms with Crippen molar-refractivity contribution in [1.82, 2.24) is 0 Å². The highest BCUT2D eigenvalue weighted by Crippen LogP contribution is 2.03. The summed E-state index contributed by atoms with van der Waals surface area (Å²) < 4.78 is 18.6. The number of esters is 2. The van der Waals surface area contributed by atoms with E-state index in [1.165, 1.54) is 12.5 Å². The van der Waals surface area contributed by atoms with Gasteiger partial charge in [0.05, 0.1) is 12.5 Å². The van der Waals surface area contributed by atoms with E-state index < -0.39 is 0 Å². The minimum Gasteiger partial charge on any atom is -0.466 e. The van der Waals surface area contributed by atoms with Crippen molar-refractivity contribution in [3.63, 3.8) is 0 Å². The molecule has 0 aliphatic rings. The van der Waals surface area contributed by atoms with Crippen LogP contribution in [0.4, 0.5) is 0 Å². The molecule has 18 heavy (non-hydrogen) atoms. The highest BCUT2D eigenvalue weighted by Gasteiger charge is 2.05. The summed E-state index contributed by atoms with van der Waals surface area (Å²) in [5.74, 6) is -0.750. The maximum atomic E-state index is 11.1. The van der Waals surface area contributed by atoms with Crippen LogP contribution in [-0.2, 0) is 28.5 Å². The summed E-state index contributed by atoms with van der Waals surface area (Å²) in [5.41, 5.74) is 0. The first kappa shape index (κ1) is 16.0. The van der Waals surface area contributed by atoms with Crippen molar-refractivity contribution >= 4 is 11.9 Å². The van der Waals surface area contributed by atoms with Crippen molar-refractivity contribution in [3.05, 3.63) is 25.7 Å². The Morgan fingerprint density at radius 2 is 1.22 bits per heavy atom. The molecule has 0 rings (SSSR count). The molecule has 0 bridgehead atoms. The van der Waals surface area contributed by atoms with Gasteiger partial charge in [-0.25, -0.2) is 0 Å². The maximum Gasteiger partial charge on any atom is 0.308 e. The SMILES string of the molecule is C=COCOC(=O)CCCCC(=O)OCOC=C. The highest BCUT2D eigenvalue weighted by molar-refractivity contribution is 5.70. The lowest BCUT2D eigenvalue weighted by Gasteiger charge is -2.04. The van der Waals surface area contributed by atoms with E-state index in [-0.39, 0.29) is 38.4 Å². The lowest BCUT2D eigenvalue weighted by molar-refractivity contribution is -0.154. The van der Waals surface area contributed by atoms with Crippen LogP contribution in [0.2, 0.25) is 0 Å². The Morgan fingerprint density at radius 3 is 1.56 bits per heavy atom. The standard InChI is InChI=1S/C12H18O6/c1-3-15-9-17-11(13)7-5-6-8-12(14)18-10-16-4-2/h3-4H,1-2,5-10H2. The van der Waals surface area contributed by atoms with E-state index in [4.69, 9.17) is 0 Å². The van der Waals surface area contributed by atoms with Crippen LogP contribution in [0.25, 0.3) is 0 Å². The van der Waals surface area contributed by atoms with Crippen molar-refractivity contribution in [2.24, 2.45) is 0 Å². The number of carbonyl (C=O) groups excluding carboxylic acids is 2. The van der Waals surface area contributed by atoms with Gasteiger partial charge in [0.2, 0.25) is 13.6 Å². The molecule has 6 nitrogen and oxygen atoms in total. The fraction of sp³-hybridized carbons (Fsp3) is 0.500. The van der Waals surface area contributed by atoms with Crippen molar-refractivity contribution in [2.75, 3.05) is 13.6 Å². The molecule has 0 atom stereocenters. The van der Waals surface area contributed by atoms with Gasteiger partial charge in [0.15, 0.2) is 0 Å². The third kappa shape index (κ3) is 10.5. The first-order valence-electron chi connectivity index (χ1n) is 5.47. The minimum atomic E-state index is -0.375. The van der Waals surface area contributed by atoms with E-state index >= 15 is 0 Å². The van der Waals surface area contributed by atoms with Crippen molar-refractivity contribution < 1.29 is 28.5 Å². The Morgan fingerprint density at radius 1 is 0.833 bits per heavy atom. The van der Waals surface area contributed by atoms with Crippen LogP contribution in [-0.4, -0.2) is 25.5 Å². The zero-order chi connectivity index (χ0) is 13.6. The summed E-state index contributed by atoms with van der Waals surface area (Å²) in [4.78, 5) is 22.2. The van der Waals surface area contributed by atoms with Crippen LogP contribution in [0.5, 0.6) is 0 Å². The molecule has 0 radical (unpaired) electrons. The molecule has 0 fully saturated rings. The van der Waals surface area contributed by atoms with Gasteiger partial charge in [0.25, 0.3) is 0 Å². The zero-order valence-electron chi connectivity index (χ0n) is 10.3. The third-order valence-electron chi connectivity index (χ3n) is 1.82. The van der Waals surface area contributed by atoms with Gasteiger partial charge in [-0.3, -0.25) is 9.59 Å². The van der Waals surface area contributed by atoms with Crippen LogP contribution in [0.3, 0.4) is 0 Å². The summed E-state index contributed by atoms with van der Waals surface area (Å²) in [6.07, 6.45) is 3.94. The molecule has 0 N–H and O–H groups in total. The van der Waals surface area contributed by atoms with Crippen LogP contribution >= 0.6 is 0 Å². The van der Waals surface area contributed by atoms with Gasteiger partial charge >= 0.3 is 11.9 Å². The molecular weight excluding hydrogens is 240 g/mol. The Hall–Kier alpha value is -1.98. The Kier molecular flexibility index (Phi) is 10.2. The van der Waals surface area contributed by atoms with Gasteiger partial charge in [0, 0.05) is 12.8 Å². The summed E-state index contributed by atoms with van der Waals surface area (Å²) >= 11 is 0. The quantitative estimate of drug-likeness (QED) is 0.244. The van der Waals surface area contributed by atoms with Crippen LogP contribution in [0, 0.1) is 0 Å². The number of rotatable bonds is 11. The second kappa shape index (κ2) is 11.5. The molecule has 0 aliphatic carbocycles. The number of unbranched alkanes of at least 4 members (excludes halogenated alkanes) is 1. The van der Waals surface area contributed by atoms with Crippen LogP contribution in [0.1, 0.15) is 25.7 Å². The highest BCUT2D eigenvalue weighted by atomic mass is 16.7. The summed E-state index contributed by atoms with van der Waals surface area (Å²) in [6.45, 7) is 6.33. The van der Waals surface area contributed by atoms with Gasteiger partial charge in [0.1, 0.15) is 0 Å². The van der Waals surface area contributed by atoms with E-state index in [0.29, 0.717) is 12.8 Å². The minimum absolute atomic E-state index is 0.136. The Bertz CT molecular complexity index is 246. The van der Waals surface area contributed by atoms with Crippen LogP contribution < -0.4 is 0 Å². The van der Waals surface area contributed by atoms with Gasteiger partial charge in [-0.2, -0.15) is 0 Å². The van der Waals surface area contributed by atoms with E-state index in [9.17, 15) is 9.59 Å². The summed E-state index contributed by atoms with van der Waals surface area (Å²) in [5, 5.41) is 0. The number of hydrogen-bond acceptors (Lipinski definition) is 6.